The first-order valence-corrected chi connectivity index (χ1v) is 8.31. The molecule has 1 aliphatic rings. The summed E-state index contributed by atoms with van der Waals surface area (Å²) in [5, 5.41) is 11.5. The summed E-state index contributed by atoms with van der Waals surface area (Å²) >= 11 is 0. The minimum Gasteiger partial charge on any atom is -0.354 e. The van der Waals surface area contributed by atoms with Crippen molar-refractivity contribution < 1.29 is 0 Å². The highest BCUT2D eigenvalue weighted by Crippen LogP contribution is 2.27. The average Bonchev–Trinajstić information content (AvgIpc) is 3.15. The van der Waals surface area contributed by atoms with E-state index in [2.05, 4.69) is 58.4 Å². The summed E-state index contributed by atoms with van der Waals surface area (Å²) in [5.41, 5.74) is 5.04. The molecular weight excluding hydrogens is 286 g/mol. The largest absolute Gasteiger partial charge is 0.354 e. The van der Waals surface area contributed by atoms with Crippen molar-refractivity contribution in [3.8, 4) is 5.69 Å². The molecule has 0 amide bonds. The topological polar surface area (TPSA) is 54.2 Å². The molecule has 0 unspecified atom stereocenters. The maximum absolute atomic E-state index is 4.86. The molecule has 0 bridgehead atoms. The number of nitrogens with one attached hydrogen (secondary N) is 2. The summed E-state index contributed by atoms with van der Waals surface area (Å²) in [7, 11) is 1.80. The number of hydrogen-bond acceptors (Lipinski definition) is 2. The number of fused-ring (bicyclic) bond motifs is 1. The fourth-order valence-corrected chi connectivity index (χ4v) is 3.07. The Balaban J connectivity index is 1.81. The van der Waals surface area contributed by atoms with E-state index in [0.717, 1.165) is 30.2 Å². The van der Waals surface area contributed by atoms with Gasteiger partial charge in [0, 0.05) is 18.8 Å². The molecule has 0 aliphatic heterocycles. The Labute approximate surface area is 137 Å². The van der Waals surface area contributed by atoms with E-state index >= 15 is 0 Å². The number of aliphatic imine (C=N–C) groups is 1. The van der Waals surface area contributed by atoms with E-state index in [1.54, 1.807) is 7.05 Å². The van der Waals surface area contributed by atoms with Gasteiger partial charge in [-0.25, -0.2) is 4.68 Å². The summed E-state index contributed by atoms with van der Waals surface area (Å²) < 4.78 is 2.11. The second-order valence-electron chi connectivity index (χ2n) is 6.20. The van der Waals surface area contributed by atoms with Gasteiger partial charge >= 0.3 is 0 Å². The molecule has 0 saturated heterocycles. The van der Waals surface area contributed by atoms with E-state index in [4.69, 9.17) is 5.10 Å². The third-order valence-electron chi connectivity index (χ3n) is 4.09. The number of benzene rings is 1. The van der Waals surface area contributed by atoms with Crippen molar-refractivity contribution >= 4 is 5.96 Å². The maximum atomic E-state index is 4.86. The zero-order valence-corrected chi connectivity index (χ0v) is 14.1. The highest BCUT2D eigenvalue weighted by atomic mass is 15.3. The fourth-order valence-electron chi connectivity index (χ4n) is 3.07. The van der Waals surface area contributed by atoms with Gasteiger partial charge in [0.2, 0.25) is 0 Å². The Hall–Kier alpha value is -2.30. The van der Waals surface area contributed by atoms with Crippen LogP contribution in [0.4, 0.5) is 0 Å². The maximum Gasteiger partial charge on any atom is 0.191 e. The molecule has 1 aromatic heterocycles. The van der Waals surface area contributed by atoms with Crippen molar-refractivity contribution in [3.05, 3.63) is 47.3 Å². The van der Waals surface area contributed by atoms with E-state index in [9.17, 15) is 0 Å². The minimum atomic E-state index is 0.355. The zero-order valence-electron chi connectivity index (χ0n) is 14.1. The smallest absolute Gasteiger partial charge is 0.191 e. The predicted molar refractivity (Wildman–Crippen MR) is 94.1 cm³/mol. The van der Waals surface area contributed by atoms with Gasteiger partial charge in [-0.1, -0.05) is 18.2 Å². The molecule has 0 spiro atoms. The standard InChI is InChI=1S/C18H25N5/c1-13(2)21-18(19-3)20-12-16-15-10-7-11-17(15)23(22-16)14-8-5-4-6-9-14/h4-6,8-9,13H,7,10-12H2,1-3H3,(H2,19,20,21). The highest BCUT2D eigenvalue weighted by Gasteiger charge is 2.23. The molecule has 5 nitrogen and oxygen atoms in total. The summed E-state index contributed by atoms with van der Waals surface area (Å²) in [4.78, 5) is 4.26. The van der Waals surface area contributed by atoms with Crippen LogP contribution in [0.25, 0.3) is 5.69 Å². The van der Waals surface area contributed by atoms with Gasteiger partial charge < -0.3 is 10.6 Å². The first-order chi connectivity index (χ1) is 11.2. The SMILES string of the molecule is CN=C(NCc1nn(-c2ccccc2)c2c1CCC2)NC(C)C. The van der Waals surface area contributed by atoms with E-state index in [1.807, 2.05) is 6.07 Å². The van der Waals surface area contributed by atoms with Crippen LogP contribution in [-0.2, 0) is 19.4 Å². The van der Waals surface area contributed by atoms with Gasteiger partial charge in [-0.2, -0.15) is 5.10 Å². The van der Waals surface area contributed by atoms with Crippen LogP contribution < -0.4 is 10.6 Å². The number of guanidine groups is 1. The van der Waals surface area contributed by atoms with Crippen LogP contribution in [0.1, 0.15) is 37.2 Å². The van der Waals surface area contributed by atoms with Crippen molar-refractivity contribution in [2.45, 2.75) is 45.7 Å². The van der Waals surface area contributed by atoms with Crippen molar-refractivity contribution in [1.29, 1.82) is 0 Å². The number of hydrogen-bond donors (Lipinski definition) is 2. The number of nitrogens with zero attached hydrogens (tertiary/aromatic N) is 3. The molecule has 2 aromatic rings. The molecule has 0 radical (unpaired) electrons. The molecule has 23 heavy (non-hydrogen) atoms. The summed E-state index contributed by atoms with van der Waals surface area (Å²) in [5.74, 6) is 0.820. The number of aromatic nitrogens is 2. The lowest BCUT2D eigenvalue weighted by atomic mass is 10.2. The summed E-state index contributed by atoms with van der Waals surface area (Å²) in [6.45, 7) is 4.91. The van der Waals surface area contributed by atoms with Crippen LogP contribution >= 0.6 is 0 Å². The Morgan fingerprint density at radius 1 is 1.26 bits per heavy atom. The quantitative estimate of drug-likeness (QED) is 0.673. The number of para-hydroxylation sites is 1. The number of rotatable bonds is 4. The average molecular weight is 311 g/mol. The van der Waals surface area contributed by atoms with E-state index in [0.29, 0.717) is 12.6 Å². The molecule has 1 aliphatic carbocycles. The molecule has 1 heterocycles. The monoisotopic (exact) mass is 311 g/mol. The first-order valence-electron chi connectivity index (χ1n) is 8.31. The highest BCUT2D eigenvalue weighted by molar-refractivity contribution is 5.79. The van der Waals surface area contributed by atoms with Crippen molar-refractivity contribution in [1.82, 2.24) is 20.4 Å². The molecular formula is C18H25N5. The molecule has 0 fully saturated rings. The van der Waals surface area contributed by atoms with Gasteiger partial charge in [-0.3, -0.25) is 4.99 Å². The Morgan fingerprint density at radius 3 is 2.74 bits per heavy atom. The second kappa shape index (κ2) is 6.86. The van der Waals surface area contributed by atoms with E-state index in [1.165, 1.54) is 17.7 Å². The Morgan fingerprint density at radius 2 is 2.04 bits per heavy atom. The molecule has 3 rings (SSSR count). The van der Waals surface area contributed by atoms with Crippen LogP contribution in [0.15, 0.2) is 35.3 Å². The Kier molecular flexibility index (Phi) is 4.65. The lowest BCUT2D eigenvalue weighted by Gasteiger charge is -2.14. The summed E-state index contributed by atoms with van der Waals surface area (Å²) in [6.07, 6.45) is 3.44. The third-order valence-corrected chi connectivity index (χ3v) is 4.09. The fraction of sp³-hybridized carbons (Fsp3) is 0.444. The second-order valence-corrected chi connectivity index (χ2v) is 6.20. The van der Waals surface area contributed by atoms with Gasteiger partial charge in [-0.15, -0.1) is 0 Å². The lowest BCUT2D eigenvalue weighted by Crippen LogP contribution is -2.40. The lowest BCUT2D eigenvalue weighted by molar-refractivity contribution is 0.688. The molecule has 122 valence electrons. The molecule has 1 aromatic carbocycles. The van der Waals surface area contributed by atoms with Gasteiger partial charge in [0.1, 0.15) is 0 Å². The molecule has 0 saturated carbocycles. The molecule has 0 atom stereocenters. The van der Waals surface area contributed by atoms with E-state index < -0.39 is 0 Å². The van der Waals surface area contributed by atoms with Crippen LogP contribution in [0, 0.1) is 0 Å². The minimum absolute atomic E-state index is 0.355. The molecule has 2 N–H and O–H groups in total. The molecule has 5 heteroatoms. The van der Waals surface area contributed by atoms with Crippen molar-refractivity contribution in [3.63, 3.8) is 0 Å². The van der Waals surface area contributed by atoms with Crippen LogP contribution in [-0.4, -0.2) is 28.8 Å². The third kappa shape index (κ3) is 3.38. The zero-order chi connectivity index (χ0) is 16.2. The van der Waals surface area contributed by atoms with E-state index in [-0.39, 0.29) is 0 Å². The van der Waals surface area contributed by atoms with Crippen LogP contribution in [0.2, 0.25) is 0 Å². The summed E-state index contributed by atoms with van der Waals surface area (Å²) in [6, 6.07) is 10.7. The Bertz CT molecular complexity index is 685. The van der Waals surface area contributed by atoms with Crippen LogP contribution in [0.3, 0.4) is 0 Å². The van der Waals surface area contributed by atoms with Gasteiger partial charge in [0.05, 0.1) is 17.9 Å². The van der Waals surface area contributed by atoms with Gasteiger partial charge in [0.15, 0.2) is 5.96 Å². The van der Waals surface area contributed by atoms with Crippen LogP contribution in [0.5, 0.6) is 0 Å². The van der Waals surface area contributed by atoms with Gasteiger partial charge in [0.25, 0.3) is 0 Å². The van der Waals surface area contributed by atoms with Gasteiger partial charge in [-0.05, 0) is 50.8 Å². The van der Waals surface area contributed by atoms with Crippen molar-refractivity contribution in [2.24, 2.45) is 4.99 Å². The predicted octanol–water partition coefficient (Wildman–Crippen LogP) is 2.43. The first kappa shape index (κ1) is 15.6. The normalized spacial score (nSPS) is 14.2. The van der Waals surface area contributed by atoms with Crippen molar-refractivity contribution in [2.75, 3.05) is 7.05 Å².